The number of hydrogen-bond acceptors (Lipinski definition) is 4. The van der Waals surface area contributed by atoms with Gasteiger partial charge in [0, 0.05) is 50.9 Å². The van der Waals surface area contributed by atoms with E-state index >= 15 is 0 Å². The summed E-state index contributed by atoms with van der Waals surface area (Å²) in [4.78, 5) is 32.1. The Morgan fingerprint density at radius 1 is 1.38 bits per heavy atom. The van der Waals surface area contributed by atoms with E-state index in [0.29, 0.717) is 19.4 Å². The fourth-order valence-electron chi connectivity index (χ4n) is 3.03. The molecule has 1 aromatic heterocycles. The molecule has 1 atom stereocenters. The Morgan fingerprint density at radius 3 is 2.88 bits per heavy atom. The van der Waals surface area contributed by atoms with Crippen molar-refractivity contribution in [3.63, 3.8) is 0 Å². The highest BCUT2D eigenvalue weighted by Gasteiger charge is 2.25. The van der Waals surface area contributed by atoms with Gasteiger partial charge in [-0.3, -0.25) is 14.6 Å². The SMILES string of the molecule is CNCC(=O)N1CCC[C@H](c2cccc(CCC(=O)N(C)C)n2)C1. The van der Waals surface area contributed by atoms with Crippen LogP contribution in [-0.4, -0.2) is 67.4 Å². The monoisotopic (exact) mass is 332 g/mol. The summed E-state index contributed by atoms with van der Waals surface area (Å²) in [6.45, 7) is 1.94. The lowest BCUT2D eigenvalue weighted by atomic mass is 9.94. The third-order valence-electron chi connectivity index (χ3n) is 4.44. The molecule has 0 aromatic carbocycles. The maximum Gasteiger partial charge on any atom is 0.236 e. The summed E-state index contributed by atoms with van der Waals surface area (Å²) in [5, 5.41) is 2.92. The van der Waals surface area contributed by atoms with E-state index in [2.05, 4.69) is 5.32 Å². The zero-order valence-corrected chi connectivity index (χ0v) is 14.9. The van der Waals surface area contributed by atoms with E-state index in [9.17, 15) is 9.59 Å². The molecular formula is C18H28N4O2. The molecule has 6 nitrogen and oxygen atoms in total. The number of pyridine rings is 1. The molecule has 0 bridgehead atoms. The fraction of sp³-hybridized carbons (Fsp3) is 0.611. The van der Waals surface area contributed by atoms with Crippen LogP contribution in [0.1, 0.15) is 36.6 Å². The fourth-order valence-corrected chi connectivity index (χ4v) is 3.03. The summed E-state index contributed by atoms with van der Waals surface area (Å²) in [7, 11) is 5.33. The van der Waals surface area contributed by atoms with Crippen molar-refractivity contribution in [2.45, 2.75) is 31.6 Å². The number of aryl methyl sites for hydroxylation is 1. The number of amides is 2. The number of rotatable bonds is 6. The maximum atomic E-state index is 12.1. The van der Waals surface area contributed by atoms with Crippen molar-refractivity contribution < 1.29 is 9.59 Å². The van der Waals surface area contributed by atoms with Gasteiger partial charge in [0.05, 0.1) is 6.54 Å². The van der Waals surface area contributed by atoms with Crippen LogP contribution < -0.4 is 5.32 Å². The number of likely N-dealkylation sites (tertiary alicyclic amines) is 1. The van der Waals surface area contributed by atoms with Gasteiger partial charge in [-0.25, -0.2) is 0 Å². The molecule has 0 saturated carbocycles. The van der Waals surface area contributed by atoms with Crippen molar-refractivity contribution in [2.24, 2.45) is 0 Å². The van der Waals surface area contributed by atoms with Gasteiger partial charge in [-0.05, 0) is 38.4 Å². The van der Waals surface area contributed by atoms with Gasteiger partial charge in [0.15, 0.2) is 0 Å². The quantitative estimate of drug-likeness (QED) is 0.845. The predicted molar refractivity (Wildman–Crippen MR) is 93.7 cm³/mol. The summed E-state index contributed by atoms with van der Waals surface area (Å²) < 4.78 is 0. The Labute approximate surface area is 144 Å². The lowest BCUT2D eigenvalue weighted by Gasteiger charge is -2.32. The van der Waals surface area contributed by atoms with E-state index in [4.69, 9.17) is 4.98 Å². The first kappa shape index (κ1) is 18.4. The largest absolute Gasteiger partial charge is 0.349 e. The lowest BCUT2D eigenvalue weighted by Crippen LogP contribution is -2.43. The molecule has 2 rings (SSSR count). The summed E-state index contributed by atoms with van der Waals surface area (Å²) in [5.41, 5.74) is 1.98. The molecule has 1 aliphatic rings. The van der Waals surface area contributed by atoms with Crippen LogP contribution in [-0.2, 0) is 16.0 Å². The molecule has 0 spiro atoms. The maximum absolute atomic E-state index is 12.1. The second kappa shape index (κ2) is 8.78. The van der Waals surface area contributed by atoms with Crippen LogP contribution in [0.5, 0.6) is 0 Å². The van der Waals surface area contributed by atoms with E-state index in [1.807, 2.05) is 23.1 Å². The van der Waals surface area contributed by atoms with Gasteiger partial charge in [-0.1, -0.05) is 6.07 Å². The van der Waals surface area contributed by atoms with Gasteiger partial charge >= 0.3 is 0 Å². The molecule has 1 aromatic rings. The van der Waals surface area contributed by atoms with E-state index in [1.54, 1.807) is 26.0 Å². The Balaban J connectivity index is 1.99. The van der Waals surface area contributed by atoms with Crippen LogP contribution in [0.15, 0.2) is 18.2 Å². The number of nitrogens with one attached hydrogen (secondary N) is 1. The second-order valence-electron chi connectivity index (χ2n) is 6.55. The normalized spacial score (nSPS) is 17.6. The van der Waals surface area contributed by atoms with Gasteiger partial charge in [0.2, 0.25) is 11.8 Å². The zero-order valence-electron chi connectivity index (χ0n) is 14.9. The van der Waals surface area contributed by atoms with Crippen molar-refractivity contribution in [3.8, 4) is 0 Å². The highest BCUT2D eigenvalue weighted by Crippen LogP contribution is 2.25. The molecule has 24 heavy (non-hydrogen) atoms. The first-order valence-corrected chi connectivity index (χ1v) is 8.59. The number of carbonyl (C=O) groups excluding carboxylic acids is 2. The topological polar surface area (TPSA) is 65.5 Å². The van der Waals surface area contributed by atoms with Gasteiger partial charge < -0.3 is 15.1 Å². The van der Waals surface area contributed by atoms with Crippen LogP contribution in [0.3, 0.4) is 0 Å². The Kier molecular flexibility index (Phi) is 6.73. The number of aromatic nitrogens is 1. The first-order valence-electron chi connectivity index (χ1n) is 8.59. The molecule has 1 saturated heterocycles. The van der Waals surface area contributed by atoms with Gasteiger partial charge in [0.1, 0.15) is 0 Å². The Morgan fingerprint density at radius 2 is 2.17 bits per heavy atom. The van der Waals surface area contributed by atoms with Crippen molar-refractivity contribution in [3.05, 3.63) is 29.6 Å². The number of piperidine rings is 1. The molecule has 1 fully saturated rings. The van der Waals surface area contributed by atoms with Crippen molar-refractivity contribution in [2.75, 3.05) is 40.8 Å². The minimum absolute atomic E-state index is 0.115. The number of hydrogen-bond donors (Lipinski definition) is 1. The molecular weight excluding hydrogens is 304 g/mol. The van der Waals surface area contributed by atoms with Gasteiger partial charge in [-0.15, -0.1) is 0 Å². The number of likely N-dealkylation sites (N-methyl/N-ethyl adjacent to an activating group) is 1. The van der Waals surface area contributed by atoms with Crippen LogP contribution in [0.4, 0.5) is 0 Å². The molecule has 6 heteroatoms. The lowest BCUT2D eigenvalue weighted by molar-refractivity contribution is -0.131. The molecule has 132 valence electrons. The van der Waals surface area contributed by atoms with Gasteiger partial charge in [-0.2, -0.15) is 0 Å². The minimum atomic E-state index is 0.115. The van der Waals surface area contributed by atoms with Crippen molar-refractivity contribution >= 4 is 11.8 Å². The van der Waals surface area contributed by atoms with E-state index in [-0.39, 0.29) is 17.7 Å². The molecule has 1 N–H and O–H groups in total. The van der Waals surface area contributed by atoms with E-state index in [1.165, 1.54) is 0 Å². The van der Waals surface area contributed by atoms with E-state index in [0.717, 1.165) is 37.3 Å². The van der Waals surface area contributed by atoms with Gasteiger partial charge in [0.25, 0.3) is 0 Å². The summed E-state index contributed by atoms with van der Waals surface area (Å²) in [6, 6.07) is 6.01. The molecule has 0 unspecified atom stereocenters. The third-order valence-corrected chi connectivity index (χ3v) is 4.44. The minimum Gasteiger partial charge on any atom is -0.349 e. The molecule has 2 heterocycles. The summed E-state index contributed by atoms with van der Waals surface area (Å²) >= 11 is 0. The van der Waals surface area contributed by atoms with Crippen molar-refractivity contribution in [1.82, 2.24) is 20.1 Å². The highest BCUT2D eigenvalue weighted by molar-refractivity contribution is 5.78. The predicted octanol–water partition coefficient (Wildman–Crippen LogP) is 1.03. The standard InChI is InChI=1S/C18H28N4O2/c1-19-12-18(24)22-11-5-6-14(13-22)16-8-4-7-15(20-16)9-10-17(23)21(2)3/h4,7-8,14,19H,5-6,9-13H2,1-3H3/t14-/m0/s1. The van der Waals surface area contributed by atoms with Crippen LogP contribution in [0.2, 0.25) is 0 Å². The zero-order chi connectivity index (χ0) is 17.5. The number of carbonyl (C=O) groups is 2. The second-order valence-corrected chi connectivity index (χ2v) is 6.55. The highest BCUT2D eigenvalue weighted by atomic mass is 16.2. The average molecular weight is 332 g/mol. The molecule has 0 radical (unpaired) electrons. The van der Waals surface area contributed by atoms with Crippen LogP contribution in [0.25, 0.3) is 0 Å². The van der Waals surface area contributed by atoms with Crippen LogP contribution in [0, 0.1) is 0 Å². The molecule has 1 aliphatic heterocycles. The summed E-state index contributed by atoms with van der Waals surface area (Å²) in [5.74, 6) is 0.544. The first-order chi connectivity index (χ1) is 11.5. The van der Waals surface area contributed by atoms with Crippen LogP contribution >= 0.6 is 0 Å². The average Bonchev–Trinajstić information content (AvgIpc) is 2.60. The Hall–Kier alpha value is -1.95. The van der Waals surface area contributed by atoms with Crippen molar-refractivity contribution in [1.29, 1.82) is 0 Å². The number of nitrogens with zero attached hydrogens (tertiary/aromatic N) is 3. The smallest absolute Gasteiger partial charge is 0.236 e. The molecule has 2 amide bonds. The third kappa shape index (κ3) is 5.03. The molecule has 0 aliphatic carbocycles. The Bertz CT molecular complexity index is 574. The van der Waals surface area contributed by atoms with E-state index < -0.39 is 0 Å². The summed E-state index contributed by atoms with van der Waals surface area (Å²) in [6.07, 6.45) is 3.18.